The van der Waals surface area contributed by atoms with E-state index in [1.165, 1.54) is 25.7 Å². The van der Waals surface area contributed by atoms with Crippen molar-refractivity contribution in [2.24, 2.45) is 17.3 Å². The third-order valence-corrected chi connectivity index (χ3v) is 5.81. The van der Waals surface area contributed by atoms with Crippen molar-refractivity contribution in [3.63, 3.8) is 0 Å². The van der Waals surface area contributed by atoms with E-state index in [4.69, 9.17) is 11.6 Å². The predicted molar refractivity (Wildman–Crippen MR) is 87.2 cm³/mol. The molecule has 0 N–H and O–H groups in total. The maximum atomic E-state index is 6.77. The minimum atomic E-state index is 0.214. The van der Waals surface area contributed by atoms with Crippen LogP contribution in [0.15, 0.2) is 24.4 Å². The molecular formula is C18H28ClN. The number of nitrogens with zero attached hydrogens (tertiary/aromatic N) is 1. The molecule has 2 atom stereocenters. The largest absolute Gasteiger partial charge is 0.261 e. The van der Waals surface area contributed by atoms with Crippen LogP contribution in [0, 0.1) is 17.3 Å². The van der Waals surface area contributed by atoms with Crippen molar-refractivity contribution >= 4 is 11.6 Å². The third kappa shape index (κ3) is 3.75. The molecule has 1 aliphatic rings. The molecule has 2 heteroatoms. The van der Waals surface area contributed by atoms with Crippen molar-refractivity contribution < 1.29 is 0 Å². The van der Waals surface area contributed by atoms with E-state index in [1.54, 1.807) is 0 Å². The van der Waals surface area contributed by atoms with Crippen LogP contribution in [0.3, 0.4) is 0 Å². The Morgan fingerprint density at radius 1 is 1.15 bits per heavy atom. The number of hydrogen-bond donors (Lipinski definition) is 0. The summed E-state index contributed by atoms with van der Waals surface area (Å²) in [6, 6.07) is 6.12. The zero-order chi connectivity index (χ0) is 14.8. The molecule has 112 valence electrons. The van der Waals surface area contributed by atoms with E-state index in [0.717, 1.165) is 11.6 Å². The fourth-order valence-electron chi connectivity index (χ4n) is 3.52. The first-order valence-corrected chi connectivity index (χ1v) is 8.38. The first-order valence-electron chi connectivity index (χ1n) is 7.94. The van der Waals surface area contributed by atoms with E-state index in [2.05, 4.69) is 44.8 Å². The lowest BCUT2D eigenvalue weighted by molar-refractivity contribution is 0.145. The summed E-state index contributed by atoms with van der Waals surface area (Å²) < 4.78 is 0. The molecule has 1 fully saturated rings. The standard InChI is InChI=1S/C18H28ClN/c1-13(16-7-5-6-12-20-16)17(19)14-8-10-15(11-9-14)18(2,3)4/h5-7,12-15,17H,8-11H2,1-4H3. The minimum absolute atomic E-state index is 0.214. The lowest BCUT2D eigenvalue weighted by atomic mass is 9.68. The quantitative estimate of drug-likeness (QED) is 0.657. The minimum Gasteiger partial charge on any atom is -0.261 e. The first kappa shape index (κ1) is 15.8. The van der Waals surface area contributed by atoms with Gasteiger partial charge in [-0.05, 0) is 55.1 Å². The first-order chi connectivity index (χ1) is 9.39. The molecule has 2 unspecified atom stereocenters. The number of hydrogen-bond acceptors (Lipinski definition) is 1. The molecular weight excluding hydrogens is 266 g/mol. The van der Waals surface area contributed by atoms with Gasteiger partial charge in [0.05, 0.1) is 0 Å². The van der Waals surface area contributed by atoms with Gasteiger partial charge < -0.3 is 0 Å². The maximum Gasteiger partial charge on any atom is 0.0446 e. The molecule has 0 saturated heterocycles. The van der Waals surface area contributed by atoms with Gasteiger partial charge in [0.15, 0.2) is 0 Å². The van der Waals surface area contributed by atoms with Crippen LogP contribution in [0.5, 0.6) is 0 Å². The molecule has 0 bridgehead atoms. The van der Waals surface area contributed by atoms with Crippen LogP contribution in [0.25, 0.3) is 0 Å². The van der Waals surface area contributed by atoms with Crippen molar-refractivity contribution in [1.82, 2.24) is 4.98 Å². The van der Waals surface area contributed by atoms with Crippen molar-refractivity contribution in [2.75, 3.05) is 0 Å². The maximum absolute atomic E-state index is 6.77. The van der Waals surface area contributed by atoms with E-state index in [-0.39, 0.29) is 5.38 Å². The molecule has 1 saturated carbocycles. The van der Waals surface area contributed by atoms with Gasteiger partial charge in [0.2, 0.25) is 0 Å². The van der Waals surface area contributed by atoms with Gasteiger partial charge in [0.25, 0.3) is 0 Å². The summed E-state index contributed by atoms with van der Waals surface area (Å²) in [6.07, 6.45) is 7.06. The molecule has 1 heterocycles. The van der Waals surface area contributed by atoms with Crippen molar-refractivity contribution in [2.45, 2.75) is 64.7 Å². The summed E-state index contributed by atoms with van der Waals surface area (Å²) >= 11 is 6.77. The van der Waals surface area contributed by atoms with E-state index in [9.17, 15) is 0 Å². The van der Waals surface area contributed by atoms with Crippen molar-refractivity contribution in [3.05, 3.63) is 30.1 Å². The second-order valence-electron chi connectivity index (χ2n) is 7.47. The summed E-state index contributed by atoms with van der Waals surface area (Å²) in [4.78, 5) is 4.46. The molecule has 1 nitrogen and oxygen atoms in total. The zero-order valence-corrected chi connectivity index (χ0v) is 14.0. The van der Waals surface area contributed by atoms with Crippen LogP contribution >= 0.6 is 11.6 Å². The second-order valence-corrected chi connectivity index (χ2v) is 7.97. The molecule has 0 amide bonds. The van der Waals surface area contributed by atoms with E-state index >= 15 is 0 Å². The van der Waals surface area contributed by atoms with Gasteiger partial charge in [-0.25, -0.2) is 0 Å². The molecule has 0 spiro atoms. The number of aromatic nitrogens is 1. The highest BCUT2D eigenvalue weighted by Gasteiger charge is 2.34. The monoisotopic (exact) mass is 293 g/mol. The Kier molecular flexibility index (Phi) is 5.12. The Morgan fingerprint density at radius 3 is 2.30 bits per heavy atom. The lowest BCUT2D eigenvalue weighted by Crippen LogP contribution is -2.31. The molecule has 1 aromatic heterocycles. The van der Waals surface area contributed by atoms with Gasteiger partial charge in [-0.3, -0.25) is 4.98 Å². The molecule has 0 aromatic carbocycles. The van der Waals surface area contributed by atoms with Crippen LogP contribution in [0.2, 0.25) is 0 Å². The Hall–Kier alpha value is -0.560. The van der Waals surface area contributed by atoms with Gasteiger partial charge in [-0.2, -0.15) is 0 Å². The molecule has 0 aliphatic heterocycles. The Balaban J connectivity index is 1.93. The highest BCUT2D eigenvalue weighted by atomic mass is 35.5. The molecule has 1 aromatic rings. The normalized spacial score (nSPS) is 27.1. The Bertz CT molecular complexity index is 401. The average molecular weight is 294 g/mol. The van der Waals surface area contributed by atoms with Crippen LogP contribution < -0.4 is 0 Å². The molecule has 0 radical (unpaired) electrons. The van der Waals surface area contributed by atoms with E-state index in [1.807, 2.05) is 12.3 Å². The molecule has 2 rings (SSSR count). The van der Waals surface area contributed by atoms with Gasteiger partial charge in [0.1, 0.15) is 0 Å². The van der Waals surface area contributed by atoms with Gasteiger partial charge in [0, 0.05) is 23.2 Å². The topological polar surface area (TPSA) is 12.9 Å². The van der Waals surface area contributed by atoms with Crippen molar-refractivity contribution in [1.29, 1.82) is 0 Å². The number of alkyl halides is 1. The van der Waals surface area contributed by atoms with Crippen LogP contribution in [0.1, 0.15) is 65.0 Å². The van der Waals surface area contributed by atoms with Crippen LogP contribution in [0.4, 0.5) is 0 Å². The summed E-state index contributed by atoms with van der Waals surface area (Å²) in [5.41, 5.74) is 1.57. The van der Waals surface area contributed by atoms with Crippen LogP contribution in [-0.4, -0.2) is 10.4 Å². The van der Waals surface area contributed by atoms with E-state index < -0.39 is 0 Å². The highest BCUT2D eigenvalue weighted by molar-refractivity contribution is 6.21. The fraction of sp³-hybridized carbons (Fsp3) is 0.722. The Morgan fingerprint density at radius 2 is 1.80 bits per heavy atom. The zero-order valence-electron chi connectivity index (χ0n) is 13.3. The highest BCUT2D eigenvalue weighted by Crippen LogP contribution is 2.43. The van der Waals surface area contributed by atoms with Crippen LogP contribution in [-0.2, 0) is 0 Å². The SMILES string of the molecule is CC(c1ccccn1)C(Cl)C1CCC(C(C)(C)C)CC1. The lowest BCUT2D eigenvalue weighted by Gasteiger charge is -2.39. The summed E-state index contributed by atoms with van der Waals surface area (Å²) in [7, 11) is 0. The summed E-state index contributed by atoms with van der Waals surface area (Å²) in [5.74, 6) is 1.84. The number of halogens is 1. The predicted octanol–water partition coefficient (Wildman–Crippen LogP) is 5.65. The van der Waals surface area contributed by atoms with Crippen molar-refractivity contribution in [3.8, 4) is 0 Å². The number of pyridine rings is 1. The summed E-state index contributed by atoms with van der Waals surface area (Å²) in [6.45, 7) is 9.32. The molecule has 20 heavy (non-hydrogen) atoms. The second kappa shape index (κ2) is 6.47. The fourth-order valence-corrected chi connectivity index (χ4v) is 3.90. The van der Waals surface area contributed by atoms with Gasteiger partial charge in [-0.15, -0.1) is 11.6 Å². The molecule has 1 aliphatic carbocycles. The third-order valence-electron chi connectivity index (χ3n) is 5.08. The summed E-state index contributed by atoms with van der Waals surface area (Å²) in [5, 5.41) is 0.214. The van der Waals surface area contributed by atoms with Gasteiger partial charge >= 0.3 is 0 Å². The average Bonchev–Trinajstić information content (AvgIpc) is 2.46. The number of rotatable bonds is 3. The Labute approximate surface area is 129 Å². The van der Waals surface area contributed by atoms with Gasteiger partial charge in [-0.1, -0.05) is 33.8 Å². The van der Waals surface area contributed by atoms with E-state index in [0.29, 0.717) is 17.3 Å². The smallest absolute Gasteiger partial charge is 0.0446 e.